The van der Waals surface area contributed by atoms with Crippen molar-refractivity contribution in [2.75, 3.05) is 17.9 Å². The maximum absolute atomic E-state index is 14.4. The fourth-order valence-electron chi connectivity index (χ4n) is 3.46. The fourth-order valence-corrected chi connectivity index (χ4v) is 5.25. The Hall–Kier alpha value is -2.99. The van der Waals surface area contributed by atoms with Gasteiger partial charge in [-0.3, -0.25) is 13.9 Å². The van der Waals surface area contributed by atoms with Gasteiger partial charge in [-0.2, -0.15) is 0 Å². The summed E-state index contributed by atoms with van der Waals surface area (Å²) in [7, 11) is -2.69. The molecule has 0 aliphatic heterocycles. The standard InChI is InChI=1S/C25H25FIN3O4S/c1-18(25(32)28-2)29(16-19-8-6-7-11-23(19)26)24(31)17-30(21-14-12-20(27)13-15-21)35(33,34)22-9-4-3-5-10-22/h3-15,18H,16-17H2,1-2H3,(H,28,32). The summed E-state index contributed by atoms with van der Waals surface area (Å²) in [5.41, 5.74) is 0.504. The van der Waals surface area contributed by atoms with Gasteiger partial charge in [0.25, 0.3) is 10.0 Å². The van der Waals surface area contributed by atoms with E-state index in [2.05, 4.69) is 27.9 Å². The van der Waals surface area contributed by atoms with Crippen LogP contribution in [-0.2, 0) is 26.2 Å². The molecule has 0 fully saturated rings. The molecule has 0 bridgehead atoms. The van der Waals surface area contributed by atoms with E-state index in [4.69, 9.17) is 0 Å². The monoisotopic (exact) mass is 609 g/mol. The van der Waals surface area contributed by atoms with E-state index in [9.17, 15) is 22.4 Å². The van der Waals surface area contributed by atoms with Crippen LogP contribution in [0.4, 0.5) is 10.1 Å². The van der Waals surface area contributed by atoms with Gasteiger partial charge >= 0.3 is 0 Å². The maximum atomic E-state index is 14.4. The van der Waals surface area contributed by atoms with Crippen LogP contribution in [-0.4, -0.2) is 44.8 Å². The number of carbonyl (C=O) groups is 2. The van der Waals surface area contributed by atoms with Crippen LogP contribution in [0.25, 0.3) is 0 Å². The number of hydrogen-bond donors (Lipinski definition) is 1. The summed E-state index contributed by atoms with van der Waals surface area (Å²) < 4.78 is 43.4. The second kappa shape index (κ2) is 11.6. The number of carbonyl (C=O) groups excluding carboxylic acids is 2. The highest BCUT2D eigenvalue weighted by atomic mass is 127. The molecule has 3 aromatic rings. The Kier molecular flexibility index (Phi) is 8.84. The minimum absolute atomic E-state index is 0.0198. The van der Waals surface area contributed by atoms with E-state index < -0.39 is 40.2 Å². The van der Waals surface area contributed by atoms with Gasteiger partial charge in [0.2, 0.25) is 11.8 Å². The first-order valence-electron chi connectivity index (χ1n) is 10.7. The van der Waals surface area contributed by atoms with E-state index in [1.165, 1.54) is 49.2 Å². The second-order valence-electron chi connectivity index (χ2n) is 7.70. The molecule has 0 saturated heterocycles. The SMILES string of the molecule is CNC(=O)C(C)N(Cc1ccccc1F)C(=O)CN(c1ccc(I)cc1)S(=O)(=O)c1ccccc1. The van der Waals surface area contributed by atoms with E-state index >= 15 is 0 Å². The third-order valence-corrected chi connectivity index (χ3v) is 7.94. The average Bonchev–Trinajstić information content (AvgIpc) is 2.86. The molecule has 0 aliphatic carbocycles. The highest BCUT2D eigenvalue weighted by Gasteiger charge is 2.32. The van der Waals surface area contributed by atoms with Crippen molar-refractivity contribution < 1.29 is 22.4 Å². The molecule has 0 heterocycles. The number of hydrogen-bond acceptors (Lipinski definition) is 4. The predicted molar refractivity (Wildman–Crippen MR) is 141 cm³/mol. The number of anilines is 1. The van der Waals surface area contributed by atoms with Gasteiger partial charge in [-0.25, -0.2) is 12.8 Å². The molecule has 3 rings (SSSR count). The number of amides is 2. The average molecular weight is 609 g/mol. The Balaban J connectivity index is 2.02. The van der Waals surface area contributed by atoms with Gasteiger partial charge < -0.3 is 10.2 Å². The number of nitrogens with zero attached hydrogens (tertiary/aromatic N) is 2. The number of sulfonamides is 1. The van der Waals surface area contributed by atoms with Crippen LogP contribution >= 0.6 is 22.6 Å². The lowest BCUT2D eigenvalue weighted by Gasteiger charge is -2.31. The molecule has 184 valence electrons. The number of nitrogens with one attached hydrogen (secondary N) is 1. The highest BCUT2D eigenvalue weighted by molar-refractivity contribution is 14.1. The Morgan fingerprint density at radius 3 is 2.17 bits per heavy atom. The van der Waals surface area contributed by atoms with Crippen molar-refractivity contribution in [2.24, 2.45) is 0 Å². The van der Waals surface area contributed by atoms with Crippen LogP contribution in [0.1, 0.15) is 12.5 Å². The van der Waals surface area contributed by atoms with Crippen LogP contribution in [0.2, 0.25) is 0 Å². The molecule has 0 radical (unpaired) electrons. The fraction of sp³-hybridized carbons (Fsp3) is 0.200. The van der Waals surface area contributed by atoms with Crippen molar-refractivity contribution in [1.82, 2.24) is 10.2 Å². The predicted octanol–water partition coefficient (Wildman–Crippen LogP) is 3.79. The molecule has 0 aromatic heterocycles. The van der Waals surface area contributed by atoms with Gasteiger partial charge in [-0.15, -0.1) is 0 Å². The van der Waals surface area contributed by atoms with E-state index in [1.807, 2.05) is 0 Å². The van der Waals surface area contributed by atoms with Gasteiger partial charge in [0.05, 0.1) is 10.6 Å². The third-order valence-electron chi connectivity index (χ3n) is 5.44. The number of likely N-dealkylation sites (N-methyl/N-ethyl adjacent to an activating group) is 1. The van der Waals surface area contributed by atoms with Crippen LogP contribution in [0.15, 0.2) is 83.8 Å². The van der Waals surface area contributed by atoms with Gasteiger partial charge in [0, 0.05) is 22.7 Å². The van der Waals surface area contributed by atoms with Crippen molar-refractivity contribution in [3.63, 3.8) is 0 Å². The number of rotatable bonds is 9. The van der Waals surface area contributed by atoms with E-state index in [-0.39, 0.29) is 17.0 Å². The maximum Gasteiger partial charge on any atom is 0.264 e. The van der Waals surface area contributed by atoms with Gasteiger partial charge in [-0.05, 0) is 72.0 Å². The Labute approximate surface area is 218 Å². The minimum Gasteiger partial charge on any atom is -0.357 e. The number of benzene rings is 3. The topological polar surface area (TPSA) is 86.8 Å². The van der Waals surface area contributed by atoms with Crippen molar-refractivity contribution in [3.05, 3.63) is 93.8 Å². The summed E-state index contributed by atoms with van der Waals surface area (Å²) in [6.45, 7) is 0.734. The number of halogens is 2. The molecule has 3 aromatic carbocycles. The summed E-state index contributed by atoms with van der Waals surface area (Å²) in [5, 5.41) is 2.49. The van der Waals surface area contributed by atoms with Gasteiger partial charge in [0.15, 0.2) is 0 Å². The lowest BCUT2D eigenvalue weighted by molar-refractivity contribution is -0.139. The van der Waals surface area contributed by atoms with Crippen LogP contribution < -0.4 is 9.62 Å². The normalized spacial score (nSPS) is 12.0. The van der Waals surface area contributed by atoms with Gasteiger partial charge in [0.1, 0.15) is 18.4 Å². The van der Waals surface area contributed by atoms with Crippen molar-refractivity contribution in [1.29, 1.82) is 0 Å². The van der Waals surface area contributed by atoms with E-state index in [0.29, 0.717) is 5.69 Å². The smallest absolute Gasteiger partial charge is 0.264 e. The first kappa shape index (κ1) is 26.6. The lowest BCUT2D eigenvalue weighted by Crippen LogP contribution is -2.50. The Bertz CT molecular complexity index is 1290. The van der Waals surface area contributed by atoms with Crippen LogP contribution in [0.3, 0.4) is 0 Å². The Morgan fingerprint density at radius 2 is 1.57 bits per heavy atom. The highest BCUT2D eigenvalue weighted by Crippen LogP contribution is 2.25. The molecule has 2 amide bonds. The van der Waals surface area contributed by atoms with Crippen molar-refractivity contribution in [2.45, 2.75) is 24.4 Å². The zero-order valence-electron chi connectivity index (χ0n) is 19.2. The molecule has 0 aliphatic rings. The molecule has 0 spiro atoms. The molecule has 1 N–H and O–H groups in total. The summed E-state index contributed by atoms with van der Waals surface area (Å²) in [6.07, 6.45) is 0. The molecule has 35 heavy (non-hydrogen) atoms. The second-order valence-corrected chi connectivity index (χ2v) is 10.8. The minimum atomic E-state index is -4.12. The molecular weight excluding hydrogens is 584 g/mol. The molecule has 1 atom stereocenters. The molecular formula is C25H25FIN3O4S. The lowest BCUT2D eigenvalue weighted by atomic mass is 10.1. The van der Waals surface area contributed by atoms with Crippen LogP contribution in [0.5, 0.6) is 0 Å². The Morgan fingerprint density at radius 1 is 0.971 bits per heavy atom. The quantitative estimate of drug-likeness (QED) is 0.375. The van der Waals surface area contributed by atoms with Crippen molar-refractivity contribution in [3.8, 4) is 0 Å². The summed E-state index contributed by atoms with van der Waals surface area (Å²) in [5.74, 6) is -1.63. The first-order valence-corrected chi connectivity index (χ1v) is 13.2. The molecule has 7 nitrogen and oxygen atoms in total. The van der Waals surface area contributed by atoms with Crippen molar-refractivity contribution >= 4 is 50.1 Å². The zero-order valence-corrected chi connectivity index (χ0v) is 22.2. The summed E-state index contributed by atoms with van der Waals surface area (Å²) in [6, 6.07) is 19.4. The zero-order chi connectivity index (χ0) is 25.6. The molecule has 1 unspecified atom stereocenters. The summed E-state index contributed by atoms with van der Waals surface area (Å²) >= 11 is 2.10. The third kappa shape index (κ3) is 6.37. The molecule has 10 heteroatoms. The first-order chi connectivity index (χ1) is 16.6. The van der Waals surface area contributed by atoms with E-state index in [0.717, 1.165) is 7.88 Å². The largest absolute Gasteiger partial charge is 0.357 e. The van der Waals surface area contributed by atoms with E-state index in [1.54, 1.807) is 48.5 Å². The van der Waals surface area contributed by atoms with Gasteiger partial charge in [-0.1, -0.05) is 36.4 Å². The van der Waals surface area contributed by atoms with Crippen LogP contribution in [0, 0.1) is 9.39 Å². The summed E-state index contributed by atoms with van der Waals surface area (Å²) in [4.78, 5) is 27.2. The molecule has 0 saturated carbocycles.